The van der Waals surface area contributed by atoms with Crippen molar-refractivity contribution in [3.8, 4) is 0 Å². The molecule has 2 heteroatoms. The van der Waals surface area contributed by atoms with Crippen LogP contribution in [-0.4, -0.2) is 11.1 Å². The predicted octanol–water partition coefficient (Wildman–Crippen LogP) is 3.08. The number of hydrogen-bond donors (Lipinski definition) is 1. The Hall–Kier alpha value is -0.500. The SMILES string of the molecule is C=C(OC(C)(C)C)C(C)(C)C(C)(C)N. The third kappa shape index (κ3) is 3.33. The molecule has 0 saturated carbocycles. The molecule has 0 aliphatic rings. The Bertz CT molecular complexity index is 215. The van der Waals surface area contributed by atoms with Gasteiger partial charge in [0.2, 0.25) is 0 Å². The van der Waals surface area contributed by atoms with Gasteiger partial charge in [-0.25, -0.2) is 0 Å². The van der Waals surface area contributed by atoms with E-state index in [1.807, 2.05) is 34.6 Å². The van der Waals surface area contributed by atoms with Crippen molar-refractivity contribution in [2.45, 2.75) is 59.6 Å². The highest BCUT2D eigenvalue weighted by atomic mass is 16.5. The maximum absolute atomic E-state index is 6.09. The van der Waals surface area contributed by atoms with E-state index in [0.717, 1.165) is 5.76 Å². The minimum absolute atomic E-state index is 0.209. The van der Waals surface area contributed by atoms with E-state index in [1.54, 1.807) is 0 Å². The molecule has 84 valence electrons. The molecule has 0 atom stereocenters. The van der Waals surface area contributed by atoms with Crippen molar-refractivity contribution >= 4 is 0 Å². The van der Waals surface area contributed by atoms with Crippen molar-refractivity contribution in [1.29, 1.82) is 0 Å². The van der Waals surface area contributed by atoms with E-state index in [2.05, 4.69) is 20.4 Å². The maximum Gasteiger partial charge on any atom is 0.100 e. The molecule has 0 heterocycles. The molecular weight excluding hydrogens is 174 g/mol. The molecule has 2 N–H and O–H groups in total. The average molecular weight is 199 g/mol. The molecule has 0 radical (unpaired) electrons. The lowest BCUT2D eigenvalue weighted by Crippen LogP contribution is -2.49. The molecule has 2 nitrogen and oxygen atoms in total. The summed E-state index contributed by atoms with van der Waals surface area (Å²) in [4.78, 5) is 0. The Labute approximate surface area is 88.5 Å². The maximum atomic E-state index is 6.09. The van der Waals surface area contributed by atoms with Crippen molar-refractivity contribution in [3.05, 3.63) is 12.3 Å². The number of hydrogen-bond acceptors (Lipinski definition) is 2. The van der Waals surface area contributed by atoms with Gasteiger partial charge in [0, 0.05) is 11.0 Å². The van der Waals surface area contributed by atoms with E-state index in [1.165, 1.54) is 0 Å². The quantitative estimate of drug-likeness (QED) is 0.709. The van der Waals surface area contributed by atoms with Crippen LogP contribution in [0.15, 0.2) is 12.3 Å². The van der Waals surface area contributed by atoms with Crippen LogP contribution < -0.4 is 5.73 Å². The van der Waals surface area contributed by atoms with Crippen molar-refractivity contribution in [2.24, 2.45) is 11.1 Å². The van der Waals surface area contributed by atoms with E-state index in [4.69, 9.17) is 10.5 Å². The normalized spacial score (nSPS) is 14.0. The van der Waals surface area contributed by atoms with Gasteiger partial charge in [0.25, 0.3) is 0 Å². The monoisotopic (exact) mass is 199 g/mol. The summed E-state index contributed by atoms with van der Waals surface area (Å²) in [5.74, 6) is 0.748. The second-order valence-electron chi connectivity index (χ2n) is 5.98. The van der Waals surface area contributed by atoms with Gasteiger partial charge in [-0.3, -0.25) is 0 Å². The van der Waals surface area contributed by atoms with Gasteiger partial charge in [0.05, 0.1) is 5.76 Å². The first-order chi connectivity index (χ1) is 5.88. The molecule has 0 saturated heterocycles. The molecule has 0 aromatic carbocycles. The standard InChI is InChI=1S/C12H25NO/c1-9(14-10(2,3)4)11(5,6)12(7,8)13/h1,13H2,2-8H3. The second kappa shape index (κ2) is 3.58. The fourth-order valence-electron chi connectivity index (χ4n) is 0.857. The third-order valence-electron chi connectivity index (χ3n) is 2.74. The molecule has 0 aromatic heterocycles. The molecule has 0 rings (SSSR count). The van der Waals surface area contributed by atoms with Crippen LogP contribution in [-0.2, 0) is 4.74 Å². The fraction of sp³-hybridized carbons (Fsp3) is 0.833. The van der Waals surface area contributed by atoms with Gasteiger partial charge >= 0.3 is 0 Å². The van der Waals surface area contributed by atoms with E-state index in [0.29, 0.717) is 0 Å². The minimum Gasteiger partial charge on any atom is -0.492 e. The van der Waals surface area contributed by atoms with Crippen molar-refractivity contribution in [3.63, 3.8) is 0 Å². The van der Waals surface area contributed by atoms with Gasteiger partial charge in [-0.1, -0.05) is 20.4 Å². The van der Waals surface area contributed by atoms with Gasteiger partial charge in [-0.05, 0) is 34.6 Å². The minimum atomic E-state index is -0.338. The largest absolute Gasteiger partial charge is 0.492 e. The van der Waals surface area contributed by atoms with E-state index in [-0.39, 0.29) is 16.6 Å². The Balaban J connectivity index is 4.70. The van der Waals surface area contributed by atoms with Crippen LogP contribution in [0.25, 0.3) is 0 Å². The first-order valence-electron chi connectivity index (χ1n) is 5.05. The van der Waals surface area contributed by atoms with Crippen LogP contribution >= 0.6 is 0 Å². The van der Waals surface area contributed by atoms with Crippen LogP contribution in [0.3, 0.4) is 0 Å². The van der Waals surface area contributed by atoms with Gasteiger partial charge in [0.1, 0.15) is 5.60 Å². The van der Waals surface area contributed by atoms with Crippen LogP contribution in [0.4, 0.5) is 0 Å². The highest BCUT2D eigenvalue weighted by Gasteiger charge is 2.38. The Kier molecular flexibility index (Phi) is 3.45. The highest BCUT2D eigenvalue weighted by Crippen LogP contribution is 2.37. The van der Waals surface area contributed by atoms with Gasteiger partial charge in [-0.15, -0.1) is 0 Å². The van der Waals surface area contributed by atoms with Crippen molar-refractivity contribution < 1.29 is 4.74 Å². The summed E-state index contributed by atoms with van der Waals surface area (Å²) in [5, 5.41) is 0. The zero-order valence-corrected chi connectivity index (χ0v) is 10.7. The number of ether oxygens (including phenoxy) is 1. The average Bonchev–Trinajstić information content (AvgIpc) is 1.80. The molecule has 0 aliphatic carbocycles. The molecule has 0 bridgehead atoms. The lowest BCUT2D eigenvalue weighted by molar-refractivity contribution is 0.00304. The van der Waals surface area contributed by atoms with Crippen LogP contribution in [0.1, 0.15) is 48.5 Å². The molecule has 0 aliphatic heterocycles. The van der Waals surface area contributed by atoms with E-state index in [9.17, 15) is 0 Å². The Morgan fingerprint density at radius 2 is 1.36 bits per heavy atom. The third-order valence-corrected chi connectivity index (χ3v) is 2.74. The van der Waals surface area contributed by atoms with Crippen LogP contribution in [0.5, 0.6) is 0 Å². The summed E-state index contributed by atoms with van der Waals surface area (Å²) in [6.07, 6.45) is 0. The second-order valence-corrected chi connectivity index (χ2v) is 5.98. The molecule has 0 fully saturated rings. The predicted molar refractivity (Wildman–Crippen MR) is 62.0 cm³/mol. The zero-order valence-electron chi connectivity index (χ0n) is 10.7. The first-order valence-corrected chi connectivity index (χ1v) is 5.05. The number of rotatable bonds is 3. The van der Waals surface area contributed by atoms with Crippen LogP contribution in [0, 0.1) is 5.41 Å². The topological polar surface area (TPSA) is 35.2 Å². The lowest BCUT2D eigenvalue weighted by Gasteiger charge is -2.41. The van der Waals surface area contributed by atoms with E-state index >= 15 is 0 Å². The van der Waals surface area contributed by atoms with Gasteiger partial charge in [-0.2, -0.15) is 0 Å². The molecule has 0 spiro atoms. The van der Waals surface area contributed by atoms with Crippen LogP contribution in [0.2, 0.25) is 0 Å². The zero-order chi connectivity index (χ0) is 11.8. The van der Waals surface area contributed by atoms with Crippen molar-refractivity contribution in [2.75, 3.05) is 0 Å². The Morgan fingerprint density at radius 3 is 1.57 bits per heavy atom. The molecule has 0 aromatic rings. The van der Waals surface area contributed by atoms with Gasteiger partial charge < -0.3 is 10.5 Å². The summed E-state index contributed by atoms with van der Waals surface area (Å²) in [6, 6.07) is 0. The summed E-state index contributed by atoms with van der Waals surface area (Å²) >= 11 is 0. The summed E-state index contributed by atoms with van der Waals surface area (Å²) in [6.45, 7) is 18.1. The summed E-state index contributed by atoms with van der Waals surface area (Å²) < 4.78 is 5.75. The first kappa shape index (κ1) is 13.5. The lowest BCUT2D eigenvalue weighted by atomic mass is 9.74. The fourth-order valence-corrected chi connectivity index (χ4v) is 0.857. The molecular formula is C12H25NO. The van der Waals surface area contributed by atoms with Crippen molar-refractivity contribution in [1.82, 2.24) is 0 Å². The van der Waals surface area contributed by atoms with E-state index < -0.39 is 0 Å². The smallest absolute Gasteiger partial charge is 0.100 e. The van der Waals surface area contributed by atoms with Gasteiger partial charge in [0.15, 0.2) is 0 Å². The highest BCUT2D eigenvalue weighted by molar-refractivity contribution is 5.09. The summed E-state index contributed by atoms with van der Waals surface area (Å²) in [5.41, 5.74) is 5.31. The summed E-state index contributed by atoms with van der Waals surface area (Å²) in [7, 11) is 0. The molecule has 0 unspecified atom stereocenters. The molecule has 14 heavy (non-hydrogen) atoms. The molecule has 0 amide bonds. The Morgan fingerprint density at radius 1 is 1.00 bits per heavy atom. The number of nitrogens with two attached hydrogens (primary N) is 1.